The van der Waals surface area contributed by atoms with E-state index in [0.717, 1.165) is 11.1 Å². The molecule has 0 radical (unpaired) electrons. The molecule has 1 N–H and O–H groups in total. The maximum absolute atomic E-state index is 10.7. The van der Waals surface area contributed by atoms with Crippen LogP contribution < -0.4 is 4.74 Å². The highest BCUT2D eigenvalue weighted by Crippen LogP contribution is 2.23. The molecule has 100 valence electrons. The third-order valence-electron chi connectivity index (χ3n) is 2.86. The van der Waals surface area contributed by atoms with Crippen LogP contribution in [0.5, 0.6) is 5.75 Å². The van der Waals surface area contributed by atoms with Crippen molar-refractivity contribution < 1.29 is 14.6 Å². The lowest BCUT2D eigenvalue weighted by Crippen LogP contribution is -2.22. The van der Waals surface area contributed by atoms with E-state index in [2.05, 4.69) is 6.07 Å². The van der Waals surface area contributed by atoms with Crippen molar-refractivity contribution in [1.82, 2.24) is 0 Å². The molecule has 2 rings (SSSR count). The Hall–Kier alpha value is -2.80. The van der Waals surface area contributed by atoms with E-state index >= 15 is 0 Å². The summed E-state index contributed by atoms with van der Waals surface area (Å²) < 4.78 is 5.26. The Morgan fingerprint density at radius 2 is 1.60 bits per heavy atom. The Morgan fingerprint density at radius 3 is 2.05 bits per heavy atom. The number of ether oxygens (including phenoxy) is 1. The molecule has 4 heteroatoms. The number of carboxylic acid groups (broad SMARTS) is 1. The van der Waals surface area contributed by atoms with Crippen molar-refractivity contribution in [1.29, 1.82) is 5.26 Å². The van der Waals surface area contributed by atoms with Crippen LogP contribution in [0.3, 0.4) is 0 Å². The fourth-order valence-corrected chi connectivity index (χ4v) is 1.72. The molecule has 0 saturated heterocycles. The molecule has 0 fully saturated rings. The molecule has 0 heterocycles. The monoisotopic (exact) mass is 267 g/mol. The molecule has 0 saturated carbocycles. The summed E-state index contributed by atoms with van der Waals surface area (Å²) in [6, 6.07) is 16.5. The summed E-state index contributed by atoms with van der Waals surface area (Å²) in [5.41, 5.74) is 2.58. The lowest BCUT2D eigenvalue weighted by molar-refractivity contribution is -0.144. The molecule has 0 unspecified atom stereocenters. The number of rotatable bonds is 4. The Bertz CT molecular complexity index is 639. The lowest BCUT2D eigenvalue weighted by Gasteiger charge is -2.10. The zero-order chi connectivity index (χ0) is 14.5. The van der Waals surface area contributed by atoms with E-state index in [4.69, 9.17) is 15.1 Å². The van der Waals surface area contributed by atoms with E-state index < -0.39 is 12.1 Å². The van der Waals surface area contributed by atoms with Gasteiger partial charge in [0.05, 0.1) is 11.6 Å². The summed E-state index contributed by atoms with van der Waals surface area (Å²) in [6.07, 6.45) is -0.879. The molecule has 0 aliphatic rings. The predicted molar refractivity (Wildman–Crippen MR) is 74.3 cm³/mol. The molecular weight excluding hydrogens is 254 g/mol. The third kappa shape index (κ3) is 3.15. The molecule has 0 spiro atoms. The van der Waals surface area contributed by atoms with E-state index in [1.54, 1.807) is 24.3 Å². The van der Waals surface area contributed by atoms with Gasteiger partial charge in [-0.1, -0.05) is 24.3 Å². The maximum atomic E-state index is 10.7. The van der Waals surface area contributed by atoms with Gasteiger partial charge in [0, 0.05) is 0 Å². The number of carbonyl (C=O) groups is 1. The number of hydrogen-bond acceptors (Lipinski definition) is 3. The SMILES string of the molecule is C[C@H](Oc1ccc(-c2ccc(C#N)cc2)cc1)C(=O)O. The first-order valence-electron chi connectivity index (χ1n) is 6.10. The molecule has 0 aliphatic heterocycles. The smallest absolute Gasteiger partial charge is 0.344 e. The van der Waals surface area contributed by atoms with Gasteiger partial charge in [0.1, 0.15) is 5.75 Å². The van der Waals surface area contributed by atoms with Crippen molar-refractivity contribution in [3.63, 3.8) is 0 Å². The third-order valence-corrected chi connectivity index (χ3v) is 2.86. The van der Waals surface area contributed by atoms with Crippen molar-refractivity contribution in [2.24, 2.45) is 0 Å². The predicted octanol–water partition coefficient (Wildman–Crippen LogP) is 3.08. The number of nitrogens with zero attached hydrogens (tertiary/aromatic N) is 1. The van der Waals surface area contributed by atoms with Crippen LogP contribution in [-0.4, -0.2) is 17.2 Å². The van der Waals surface area contributed by atoms with Gasteiger partial charge in [-0.2, -0.15) is 5.26 Å². The van der Waals surface area contributed by atoms with E-state index in [1.165, 1.54) is 6.92 Å². The van der Waals surface area contributed by atoms with E-state index in [9.17, 15) is 4.79 Å². The molecule has 0 aromatic heterocycles. The van der Waals surface area contributed by atoms with Crippen molar-refractivity contribution in [3.8, 4) is 22.9 Å². The molecule has 2 aromatic carbocycles. The van der Waals surface area contributed by atoms with Crippen molar-refractivity contribution in [3.05, 3.63) is 54.1 Å². The fourth-order valence-electron chi connectivity index (χ4n) is 1.72. The van der Waals surface area contributed by atoms with Gasteiger partial charge in [0.15, 0.2) is 6.10 Å². The highest BCUT2D eigenvalue weighted by Gasteiger charge is 2.12. The van der Waals surface area contributed by atoms with Gasteiger partial charge >= 0.3 is 5.97 Å². The van der Waals surface area contributed by atoms with Crippen molar-refractivity contribution in [2.45, 2.75) is 13.0 Å². The fraction of sp³-hybridized carbons (Fsp3) is 0.125. The molecule has 4 nitrogen and oxygen atoms in total. The maximum Gasteiger partial charge on any atom is 0.344 e. The van der Waals surface area contributed by atoms with E-state index in [1.807, 2.05) is 24.3 Å². The lowest BCUT2D eigenvalue weighted by atomic mass is 10.0. The zero-order valence-corrected chi connectivity index (χ0v) is 10.9. The first kappa shape index (κ1) is 13.6. The quantitative estimate of drug-likeness (QED) is 0.924. The van der Waals surface area contributed by atoms with E-state index in [-0.39, 0.29) is 0 Å². The highest BCUT2D eigenvalue weighted by atomic mass is 16.5. The standard InChI is InChI=1S/C16H13NO3/c1-11(16(18)19)20-15-8-6-14(7-9-15)13-4-2-12(10-17)3-5-13/h2-9,11H,1H3,(H,18,19)/t11-/m0/s1. The van der Waals surface area contributed by atoms with Crippen LogP contribution in [0, 0.1) is 11.3 Å². The summed E-state index contributed by atoms with van der Waals surface area (Å²) in [5.74, 6) is -0.488. The van der Waals surface area contributed by atoms with Crippen molar-refractivity contribution in [2.75, 3.05) is 0 Å². The number of aliphatic carboxylic acids is 1. The van der Waals surface area contributed by atoms with Gasteiger partial charge in [0.25, 0.3) is 0 Å². The average Bonchev–Trinajstić information content (AvgIpc) is 2.48. The molecule has 0 amide bonds. The van der Waals surface area contributed by atoms with Crippen LogP contribution in [0.4, 0.5) is 0 Å². The second-order valence-electron chi connectivity index (χ2n) is 4.31. The zero-order valence-electron chi connectivity index (χ0n) is 10.9. The van der Waals surface area contributed by atoms with Gasteiger partial charge in [-0.25, -0.2) is 4.79 Å². The molecule has 0 aliphatic carbocycles. The Kier molecular flexibility index (Phi) is 4.02. The Balaban J connectivity index is 2.15. The Labute approximate surface area is 116 Å². The molecule has 20 heavy (non-hydrogen) atoms. The first-order chi connectivity index (χ1) is 9.60. The van der Waals surface area contributed by atoms with Gasteiger partial charge in [-0.15, -0.1) is 0 Å². The molecular formula is C16H13NO3. The van der Waals surface area contributed by atoms with Crippen LogP contribution in [0.15, 0.2) is 48.5 Å². The topological polar surface area (TPSA) is 70.3 Å². The highest BCUT2D eigenvalue weighted by molar-refractivity contribution is 5.72. The minimum Gasteiger partial charge on any atom is -0.479 e. The summed E-state index contributed by atoms with van der Waals surface area (Å²) in [4.78, 5) is 10.7. The summed E-state index contributed by atoms with van der Waals surface area (Å²) in [6.45, 7) is 1.48. The Morgan fingerprint density at radius 1 is 1.10 bits per heavy atom. The van der Waals surface area contributed by atoms with Gasteiger partial charge in [-0.3, -0.25) is 0 Å². The van der Waals surface area contributed by atoms with Crippen LogP contribution >= 0.6 is 0 Å². The summed E-state index contributed by atoms with van der Waals surface area (Å²) >= 11 is 0. The van der Waals surface area contributed by atoms with Crippen LogP contribution in [0.1, 0.15) is 12.5 Å². The van der Waals surface area contributed by atoms with Crippen LogP contribution in [-0.2, 0) is 4.79 Å². The second kappa shape index (κ2) is 5.89. The average molecular weight is 267 g/mol. The van der Waals surface area contributed by atoms with Gasteiger partial charge in [-0.05, 0) is 42.3 Å². The minimum absolute atomic E-state index is 0.511. The normalized spacial score (nSPS) is 11.4. The molecule has 2 aromatic rings. The summed E-state index contributed by atoms with van der Waals surface area (Å²) in [5, 5.41) is 17.5. The van der Waals surface area contributed by atoms with Crippen LogP contribution in [0.25, 0.3) is 11.1 Å². The number of nitriles is 1. The van der Waals surface area contributed by atoms with Crippen LogP contribution in [0.2, 0.25) is 0 Å². The molecule has 0 bridgehead atoms. The van der Waals surface area contributed by atoms with E-state index in [0.29, 0.717) is 11.3 Å². The first-order valence-corrected chi connectivity index (χ1v) is 6.10. The number of carboxylic acids is 1. The minimum atomic E-state index is -0.999. The number of hydrogen-bond donors (Lipinski definition) is 1. The largest absolute Gasteiger partial charge is 0.479 e. The molecule has 1 atom stereocenters. The number of benzene rings is 2. The van der Waals surface area contributed by atoms with Gasteiger partial charge < -0.3 is 9.84 Å². The second-order valence-corrected chi connectivity index (χ2v) is 4.31. The van der Waals surface area contributed by atoms with Crippen molar-refractivity contribution >= 4 is 5.97 Å². The summed E-state index contributed by atoms with van der Waals surface area (Å²) in [7, 11) is 0. The van der Waals surface area contributed by atoms with Gasteiger partial charge in [0.2, 0.25) is 0 Å².